The van der Waals surface area contributed by atoms with Crippen LogP contribution in [-0.4, -0.2) is 79.0 Å². The molecule has 34 heavy (non-hydrogen) atoms. The van der Waals surface area contributed by atoms with E-state index in [1.54, 1.807) is 0 Å². The number of nitrogens with one attached hydrogen (secondary N) is 2. The van der Waals surface area contributed by atoms with Crippen LogP contribution >= 0.6 is 0 Å². The Bertz CT molecular complexity index is 980. The highest BCUT2D eigenvalue weighted by atomic mass is 16.5. The number of carboxylic acid groups (broad SMARTS) is 1. The van der Waals surface area contributed by atoms with Gasteiger partial charge < -0.3 is 30.5 Å². The number of rotatable bonds is 11. The summed E-state index contributed by atoms with van der Waals surface area (Å²) < 4.78 is 5.54. The summed E-state index contributed by atoms with van der Waals surface area (Å²) in [6.07, 6.45) is -2.06. The van der Waals surface area contributed by atoms with Gasteiger partial charge in [-0.25, -0.2) is 9.59 Å². The summed E-state index contributed by atoms with van der Waals surface area (Å²) in [6.45, 7) is 0.642. The number of carbonyl (C=O) groups excluding carboxylic acids is 2. The van der Waals surface area contributed by atoms with Gasteiger partial charge in [0, 0.05) is 18.9 Å². The van der Waals surface area contributed by atoms with Crippen molar-refractivity contribution in [3.63, 3.8) is 0 Å². The van der Waals surface area contributed by atoms with Crippen molar-refractivity contribution in [1.29, 1.82) is 0 Å². The van der Waals surface area contributed by atoms with E-state index in [4.69, 9.17) is 9.84 Å². The lowest BCUT2D eigenvalue weighted by molar-refractivity contribution is -0.147. The second kappa shape index (κ2) is 11.6. The number of ether oxygens (including phenoxy) is 1. The first-order valence-corrected chi connectivity index (χ1v) is 11.2. The van der Waals surface area contributed by atoms with E-state index in [9.17, 15) is 19.5 Å². The van der Waals surface area contributed by atoms with E-state index in [2.05, 4.69) is 22.8 Å². The van der Waals surface area contributed by atoms with Crippen LogP contribution in [0.3, 0.4) is 0 Å². The van der Waals surface area contributed by atoms with Crippen molar-refractivity contribution in [3.8, 4) is 11.1 Å². The molecule has 0 heterocycles. The lowest BCUT2D eigenvalue weighted by atomic mass is 9.98. The maximum atomic E-state index is 12.6. The molecule has 0 bridgehead atoms. The minimum absolute atomic E-state index is 0.0306. The van der Waals surface area contributed by atoms with Gasteiger partial charge in [-0.05, 0) is 49.3 Å². The molecule has 1 unspecified atom stereocenters. The Balaban J connectivity index is 1.60. The lowest BCUT2D eigenvalue weighted by Crippen LogP contribution is -2.48. The van der Waals surface area contributed by atoms with Crippen LogP contribution in [0, 0.1) is 0 Å². The first-order chi connectivity index (χ1) is 16.3. The van der Waals surface area contributed by atoms with Crippen LogP contribution < -0.4 is 10.6 Å². The van der Waals surface area contributed by atoms with Gasteiger partial charge in [0.05, 0.1) is 0 Å². The molecule has 9 heteroatoms. The van der Waals surface area contributed by atoms with E-state index in [1.807, 2.05) is 55.4 Å². The summed E-state index contributed by atoms with van der Waals surface area (Å²) in [5.41, 5.74) is 4.43. The van der Waals surface area contributed by atoms with Gasteiger partial charge in [-0.3, -0.25) is 4.79 Å². The normalized spacial score (nSPS) is 14.1. The molecular formula is C25H31N3O6. The number of amides is 2. The number of benzene rings is 2. The molecule has 1 aliphatic rings. The van der Waals surface area contributed by atoms with Gasteiger partial charge in [0.25, 0.3) is 0 Å². The van der Waals surface area contributed by atoms with Gasteiger partial charge in [0.1, 0.15) is 12.6 Å². The molecule has 0 radical (unpaired) electrons. The van der Waals surface area contributed by atoms with Gasteiger partial charge in [-0.2, -0.15) is 0 Å². The third-order valence-electron chi connectivity index (χ3n) is 5.82. The molecule has 2 aromatic rings. The fourth-order valence-electron chi connectivity index (χ4n) is 4.02. The Morgan fingerprint density at radius 3 is 2.15 bits per heavy atom. The topological polar surface area (TPSA) is 128 Å². The third-order valence-corrected chi connectivity index (χ3v) is 5.82. The number of hydrogen-bond donors (Lipinski definition) is 4. The van der Waals surface area contributed by atoms with Gasteiger partial charge in [0.2, 0.25) is 5.91 Å². The highest BCUT2D eigenvalue weighted by Gasteiger charge is 2.30. The number of aliphatic hydroxyl groups excluding tert-OH is 1. The summed E-state index contributed by atoms with van der Waals surface area (Å²) >= 11 is 0. The average Bonchev–Trinajstić information content (AvgIpc) is 3.13. The van der Waals surface area contributed by atoms with Crippen molar-refractivity contribution < 1.29 is 29.3 Å². The standard InChI is InChI=1S/C25H31N3O6/c1-28(2)14-12-21(23(30)26-13-11-22(29)24(31)32)27-25(33)34-15-20-18-9-5-3-7-16(18)17-8-4-6-10-19(17)20/h3-10,20-22,29H,11-15H2,1-2H3,(H,26,30)(H,27,33)(H,31,32)/t21?,22-/m0/s1. The molecule has 4 N–H and O–H groups in total. The first-order valence-electron chi connectivity index (χ1n) is 11.2. The number of nitrogens with zero attached hydrogens (tertiary/aromatic N) is 1. The highest BCUT2D eigenvalue weighted by Crippen LogP contribution is 2.44. The monoisotopic (exact) mass is 469 g/mol. The maximum Gasteiger partial charge on any atom is 0.407 e. The van der Waals surface area contributed by atoms with Crippen LogP contribution in [0.5, 0.6) is 0 Å². The van der Waals surface area contributed by atoms with Crippen molar-refractivity contribution in [3.05, 3.63) is 59.7 Å². The van der Waals surface area contributed by atoms with E-state index in [-0.39, 0.29) is 25.5 Å². The van der Waals surface area contributed by atoms with Gasteiger partial charge in [0.15, 0.2) is 6.10 Å². The number of aliphatic carboxylic acids is 1. The molecule has 9 nitrogen and oxygen atoms in total. The number of aliphatic hydroxyl groups is 1. The molecule has 2 atom stereocenters. The summed E-state index contributed by atoms with van der Waals surface area (Å²) in [4.78, 5) is 37.8. The molecule has 0 aromatic heterocycles. The van der Waals surface area contributed by atoms with Crippen LogP contribution in [0.15, 0.2) is 48.5 Å². The van der Waals surface area contributed by atoms with Crippen molar-refractivity contribution in [1.82, 2.24) is 15.5 Å². The summed E-state index contributed by atoms with van der Waals surface area (Å²) in [7, 11) is 3.71. The van der Waals surface area contributed by atoms with Crippen molar-refractivity contribution >= 4 is 18.0 Å². The van der Waals surface area contributed by atoms with Crippen LogP contribution in [-0.2, 0) is 14.3 Å². The Hall–Kier alpha value is -3.43. The minimum Gasteiger partial charge on any atom is -0.479 e. The second-order valence-corrected chi connectivity index (χ2v) is 8.55. The van der Waals surface area contributed by atoms with E-state index >= 15 is 0 Å². The minimum atomic E-state index is -1.56. The predicted molar refractivity (Wildman–Crippen MR) is 126 cm³/mol. The molecule has 0 spiro atoms. The summed E-state index contributed by atoms with van der Waals surface area (Å²) in [6, 6.07) is 15.2. The zero-order chi connectivity index (χ0) is 24.7. The van der Waals surface area contributed by atoms with E-state index in [0.717, 1.165) is 22.3 Å². The van der Waals surface area contributed by atoms with Crippen LogP contribution in [0.1, 0.15) is 29.9 Å². The first kappa shape index (κ1) is 25.2. The smallest absolute Gasteiger partial charge is 0.407 e. The van der Waals surface area contributed by atoms with E-state index in [0.29, 0.717) is 13.0 Å². The second-order valence-electron chi connectivity index (χ2n) is 8.55. The van der Waals surface area contributed by atoms with Crippen molar-refractivity contribution in [2.24, 2.45) is 0 Å². The Morgan fingerprint density at radius 1 is 1.00 bits per heavy atom. The largest absolute Gasteiger partial charge is 0.479 e. The molecule has 0 saturated carbocycles. The molecule has 2 aromatic carbocycles. The van der Waals surface area contributed by atoms with Crippen LogP contribution in [0.4, 0.5) is 4.79 Å². The Kier molecular flexibility index (Phi) is 8.61. The molecule has 2 amide bonds. The predicted octanol–water partition coefficient (Wildman–Crippen LogP) is 1.80. The highest BCUT2D eigenvalue weighted by molar-refractivity contribution is 5.85. The molecule has 3 rings (SSSR count). The molecule has 0 aliphatic heterocycles. The SMILES string of the molecule is CN(C)CCC(NC(=O)OCC1c2ccccc2-c2ccccc21)C(=O)NCC[C@H](O)C(=O)O. The fourth-order valence-corrected chi connectivity index (χ4v) is 4.02. The number of fused-ring (bicyclic) bond motifs is 3. The summed E-state index contributed by atoms with van der Waals surface area (Å²) in [5.74, 6) is -1.91. The fraction of sp³-hybridized carbons (Fsp3) is 0.400. The lowest BCUT2D eigenvalue weighted by Gasteiger charge is -2.21. The summed E-state index contributed by atoms with van der Waals surface area (Å²) in [5, 5.41) is 23.3. The molecular weight excluding hydrogens is 438 g/mol. The van der Waals surface area contributed by atoms with Crippen molar-refractivity contribution in [2.75, 3.05) is 33.8 Å². The molecule has 1 aliphatic carbocycles. The molecule has 0 saturated heterocycles. The van der Waals surface area contributed by atoms with Crippen LogP contribution in [0.25, 0.3) is 11.1 Å². The molecule has 0 fully saturated rings. The van der Waals surface area contributed by atoms with Crippen LogP contribution in [0.2, 0.25) is 0 Å². The van der Waals surface area contributed by atoms with Crippen molar-refractivity contribution in [2.45, 2.75) is 30.9 Å². The zero-order valence-corrected chi connectivity index (χ0v) is 19.4. The van der Waals surface area contributed by atoms with Gasteiger partial charge >= 0.3 is 12.1 Å². The molecule has 182 valence electrons. The number of carboxylic acids is 1. The van der Waals surface area contributed by atoms with E-state index < -0.39 is 30.1 Å². The van der Waals surface area contributed by atoms with E-state index in [1.165, 1.54) is 0 Å². The van der Waals surface area contributed by atoms with Gasteiger partial charge in [-0.15, -0.1) is 0 Å². The number of hydrogen-bond acceptors (Lipinski definition) is 6. The third kappa shape index (κ3) is 6.33. The van der Waals surface area contributed by atoms with Gasteiger partial charge in [-0.1, -0.05) is 48.5 Å². The Morgan fingerprint density at radius 2 is 1.59 bits per heavy atom. The average molecular weight is 470 g/mol. The quantitative estimate of drug-likeness (QED) is 0.395. The number of carbonyl (C=O) groups is 3. The number of alkyl carbamates (subject to hydrolysis) is 1. The maximum absolute atomic E-state index is 12.6. The Labute approximate surface area is 198 Å². The zero-order valence-electron chi connectivity index (χ0n) is 19.4.